The molecule has 2 nitrogen and oxygen atoms in total. The van der Waals surface area contributed by atoms with Gasteiger partial charge in [0.05, 0.1) is 4.90 Å². The van der Waals surface area contributed by atoms with Crippen LogP contribution >= 0.6 is 0 Å². The van der Waals surface area contributed by atoms with Crippen molar-refractivity contribution in [3.8, 4) is 0 Å². The molecule has 0 amide bonds. The molecular weight excluding hydrogens is 167 g/mol. The van der Waals surface area contributed by atoms with Crippen LogP contribution in [-0.2, 0) is 11.1 Å². The summed E-state index contributed by atoms with van der Waals surface area (Å²) in [5.74, 6) is -0.454. The van der Waals surface area contributed by atoms with Crippen molar-refractivity contribution >= 4 is 11.1 Å². The van der Waals surface area contributed by atoms with E-state index in [0.717, 1.165) is 6.07 Å². The van der Waals surface area contributed by atoms with E-state index in [2.05, 4.69) is 0 Å². The largest absolute Gasteiger partial charge is 0.302 e. The maximum atomic E-state index is 12.7. The number of aryl methyl sites for hydroxylation is 1. The summed E-state index contributed by atoms with van der Waals surface area (Å²) in [5, 5.41) is 0. The average Bonchev–Trinajstić information content (AvgIpc) is 1.94. The second kappa shape index (κ2) is 3.11. The van der Waals surface area contributed by atoms with Crippen molar-refractivity contribution < 1.29 is 13.2 Å². The Balaban J connectivity index is 3.15. The fourth-order valence-electron chi connectivity index (χ4n) is 0.682. The molecule has 1 rings (SSSR count). The van der Waals surface area contributed by atoms with Gasteiger partial charge in [-0.15, -0.1) is 0 Å². The van der Waals surface area contributed by atoms with Gasteiger partial charge >= 0.3 is 0 Å². The molecule has 0 aliphatic rings. The standard InChI is InChI=1S/C7H7FO2S/c1-5-2-3-6(11(9)10)4-7(5)8/h2-4H,1H3,(H,9,10). The lowest BCUT2D eigenvalue weighted by Gasteiger charge is -1.97. The Kier molecular flexibility index (Phi) is 2.36. The predicted molar refractivity (Wildman–Crippen MR) is 40.2 cm³/mol. The van der Waals surface area contributed by atoms with Gasteiger partial charge in [0.2, 0.25) is 0 Å². The molecule has 1 aromatic carbocycles. The summed E-state index contributed by atoms with van der Waals surface area (Å²) in [6, 6.07) is 3.96. The Morgan fingerprint density at radius 1 is 1.55 bits per heavy atom. The minimum absolute atomic E-state index is 0.0908. The van der Waals surface area contributed by atoms with Gasteiger partial charge in [-0.25, -0.2) is 8.60 Å². The van der Waals surface area contributed by atoms with E-state index >= 15 is 0 Å². The number of hydrogen-bond donors (Lipinski definition) is 1. The molecule has 0 saturated carbocycles. The van der Waals surface area contributed by atoms with Crippen LogP contribution in [0.1, 0.15) is 5.56 Å². The highest BCUT2D eigenvalue weighted by Crippen LogP contribution is 2.10. The van der Waals surface area contributed by atoms with Gasteiger partial charge in [-0.1, -0.05) is 6.07 Å². The van der Waals surface area contributed by atoms with Crippen LogP contribution in [0, 0.1) is 12.7 Å². The van der Waals surface area contributed by atoms with E-state index < -0.39 is 16.9 Å². The summed E-state index contributed by atoms with van der Waals surface area (Å²) in [6.45, 7) is 1.60. The van der Waals surface area contributed by atoms with Gasteiger partial charge in [0.1, 0.15) is 5.82 Å². The van der Waals surface area contributed by atoms with Gasteiger partial charge in [-0.05, 0) is 24.6 Å². The first-order valence-electron chi connectivity index (χ1n) is 2.98. The van der Waals surface area contributed by atoms with E-state index in [1.807, 2.05) is 0 Å². The molecule has 1 N–H and O–H groups in total. The van der Waals surface area contributed by atoms with Crippen molar-refractivity contribution in [1.82, 2.24) is 0 Å². The smallest absolute Gasteiger partial charge is 0.186 e. The molecule has 0 bridgehead atoms. The van der Waals surface area contributed by atoms with E-state index in [1.165, 1.54) is 12.1 Å². The maximum Gasteiger partial charge on any atom is 0.186 e. The molecule has 0 spiro atoms. The van der Waals surface area contributed by atoms with Crippen LogP contribution in [0.25, 0.3) is 0 Å². The summed E-state index contributed by atoms with van der Waals surface area (Å²) in [4.78, 5) is 0.0908. The van der Waals surface area contributed by atoms with Crippen LogP contribution in [0.15, 0.2) is 23.1 Å². The van der Waals surface area contributed by atoms with Crippen LogP contribution in [0.2, 0.25) is 0 Å². The van der Waals surface area contributed by atoms with E-state index in [0.29, 0.717) is 5.56 Å². The summed E-state index contributed by atoms with van der Waals surface area (Å²) >= 11 is -2.09. The topological polar surface area (TPSA) is 37.3 Å². The second-order valence-corrected chi connectivity index (χ2v) is 3.13. The van der Waals surface area contributed by atoms with Gasteiger partial charge < -0.3 is 4.55 Å². The minimum atomic E-state index is -2.09. The molecule has 11 heavy (non-hydrogen) atoms. The predicted octanol–water partition coefficient (Wildman–Crippen LogP) is 1.71. The molecule has 0 fully saturated rings. The lowest BCUT2D eigenvalue weighted by molar-refractivity contribution is 0.561. The lowest BCUT2D eigenvalue weighted by Crippen LogP contribution is -1.90. The van der Waals surface area contributed by atoms with Crippen molar-refractivity contribution in [1.29, 1.82) is 0 Å². The molecule has 0 saturated heterocycles. The Bertz CT molecular complexity index is 298. The SMILES string of the molecule is Cc1ccc(S(=O)O)cc1F. The molecule has 60 valence electrons. The highest BCUT2D eigenvalue weighted by Gasteiger charge is 2.02. The minimum Gasteiger partial charge on any atom is -0.302 e. The first kappa shape index (κ1) is 8.36. The van der Waals surface area contributed by atoms with Crippen molar-refractivity contribution in [3.63, 3.8) is 0 Å². The third-order valence-corrected chi connectivity index (χ3v) is 2.00. The van der Waals surface area contributed by atoms with Crippen LogP contribution in [-0.4, -0.2) is 8.76 Å². The highest BCUT2D eigenvalue weighted by atomic mass is 32.2. The molecule has 0 aliphatic heterocycles. The molecule has 0 aromatic heterocycles. The van der Waals surface area contributed by atoms with Crippen molar-refractivity contribution in [2.75, 3.05) is 0 Å². The van der Waals surface area contributed by atoms with E-state index in [1.54, 1.807) is 6.92 Å². The first-order chi connectivity index (χ1) is 5.11. The van der Waals surface area contributed by atoms with Gasteiger partial charge in [0, 0.05) is 0 Å². The molecule has 1 unspecified atom stereocenters. The van der Waals surface area contributed by atoms with E-state index in [9.17, 15) is 8.60 Å². The Hall–Kier alpha value is -0.740. The normalized spacial score (nSPS) is 13.0. The Labute approximate surface area is 66.3 Å². The molecule has 0 heterocycles. The fraction of sp³-hybridized carbons (Fsp3) is 0.143. The number of hydrogen-bond acceptors (Lipinski definition) is 1. The van der Waals surface area contributed by atoms with Gasteiger partial charge in [-0.3, -0.25) is 0 Å². The number of rotatable bonds is 1. The number of halogens is 1. The molecular formula is C7H7FO2S. The molecule has 4 heteroatoms. The van der Waals surface area contributed by atoms with E-state index in [4.69, 9.17) is 4.55 Å². The monoisotopic (exact) mass is 174 g/mol. The third-order valence-electron chi connectivity index (χ3n) is 1.34. The van der Waals surface area contributed by atoms with Gasteiger partial charge in [0.25, 0.3) is 0 Å². The maximum absolute atomic E-state index is 12.7. The third kappa shape index (κ3) is 1.85. The van der Waals surface area contributed by atoms with Crippen LogP contribution < -0.4 is 0 Å². The molecule has 1 aromatic rings. The fourth-order valence-corrected chi connectivity index (χ4v) is 1.07. The van der Waals surface area contributed by atoms with Gasteiger partial charge in [-0.2, -0.15) is 0 Å². The number of benzene rings is 1. The molecule has 0 radical (unpaired) electrons. The zero-order chi connectivity index (χ0) is 8.43. The first-order valence-corrected chi connectivity index (χ1v) is 4.09. The molecule has 0 aliphatic carbocycles. The zero-order valence-electron chi connectivity index (χ0n) is 5.87. The van der Waals surface area contributed by atoms with E-state index in [-0.39, 0.29) is 4.90 Å². The van der Waals surface area contributed by atoms with Crippen molar-refractivity contribution in [2.24, 2.45) is 0 Å². The summed E-state index contributed by atoms with van der Waals surface area (Å²) < 4.78 is 31.6. The van der Waals surface area contributed by atoms with Crippen LogP contribution in [0.4, 0.5) is 4.39 Å². The van der Waals surface area contributed by atoms with Crippen LogP contribution in [0.5, 0.6) is 0 Å². The quantitative estimate of drug-likeness (QED) is 0.658. The average molecular weight is 174 g/mol. The second-order valence-electron chi connectivity index (χ2n) is 2.16. The summed E-state index contributed by atoms with van der Waals surface area (Å²) in [5.41, 5.74) is 0.471. The Morgan fingerprint density at radius 2 is 2.18 bits per heavy atom. The summed E-state index contributed by atoms with van der Waals surface area (Å²) in [6.07, 6.45) is 0. The molecule has 1 atom stereocenters. The lowest BCUT2D eigenvalue weighted by atomic mass is 10.2. The van der Waals surface area contributed by atoms with Crippen molar-refractivity contribution in [3.05, 3.63) is 29.6 Å². The zero-order valence-corrected chi connectivity index (χ0v) is 6.69. The highest BCUT2D eigenvalue weighted by molar-refractivity contribution is 7.79. The van der Waals surface area contributed by atoms with Crippen LogP contribution in [0.3, 0.4) is 0 Å². The Morgan fingerprint density at radius 3 is 2.64 bits per heavy atom. The van der Waals surface area contributed by atoms with Crippen molar-refractivity contribution in [2.45, 2.75) is 11.8 Å². The van der Waals surface area contributed by atoms with Gasteiger partial charge in [0.15, 0.2) is 11.1 Å². The summed E-state index contributed by atoms with van der Waals surface area (Å²) in [7, 11) is 0.